The highest BCUT2D eigenvalue weighted by molar-refractivity contribution is 6.01. The smallest absolute Gasteiger partial charge is 0.239 e. The number of nitrogens with two attached hydrogens (primary N) is 2. The van der Waals surface area contributed by atoms with Gasteiger partial charge in [0.2, 0.25) is 16.7 Å². The van der Waals surface area contributed by atoms with E-state index < -0.39 is 0 Å². The van der Waals surface area contributed by atoms with Crippen LogP contribution < -0.4 is 32.0 Å². The molecule has 0 spiro atoms. The van der Waals surface area contributed by atoms with E-state index in [4.69, 9.17) is 21.4 Å². The molecule has 54 heavy (non-hydrogen) atoms. The van der Waals surface area contributed by atoms with Crippen LogP contribution in [-0.2, 0) is 0 Å². The van der Waals surface area contributed by atoms with Crippen molar-refractivity contribution in [3.63, 3.8) is 0 Å². The summed E-state index contributed by atoms with van der Waals surface area (Å²) in [5.41, 5.74) is 29.9. The molecule has 5 aromatic carbocycles. The maximum Gasteiger partial charge on any atom is 0.239 e. The van der Waals surface area contributed by atoms with Crippen LogP contribution in [-0.4, -0.2) is 23.8 Å². The standard InChI is InChI=1S/C46H50N8/c1-30-24-41(42(27-37(30)47)51-34-15-9-7-10-16-34)52-35-19-20-39(32(3)23-35)49-21-13-5-6-14-22-50-40-29-46-44(26-33(40)4)53-43-25-31(2)38(48)28-45(43)54(46)36-17-11-8-12-18-36/h7-12,15-18,20,23-29,49,51H,5-6,13-14,19,21-22,47H2,1-4H3,(H2,48,50)/p+1. The Morgan fingerprint density at radius 3 is 2.02 bits per heavy atom. The molecule has 7 N–H and O–H groups in total. The lowest BCUT2D eigenvalue weighted by Crippen LogP contribution is -2.33. The van der Waals surface area contributed by atoms with Crippen LogP contribution in [0.3, 0.4) is 0 Å². The first kappa shape index (κ1) is 36.2. The van der Waals surface area contributed by atoms with Crippen molar-refractivity contribution in [1.82, 2.24) is 10.3 Å². The third-order valence-electron chi connectivity index (χ3n) is 10.2. The average molecular weight is 716 g/mol. The van der Waals surface area contributed by atoms with Gasteiger partial charge in [0.05, 0.1) is 11.4 Å². The summed E-state index contributed by atoms with van der Waals surface area (Å²) in [7, 11) is 0. The van der Waals surface area contributed by atoms with Gasteiger partial charge in [-0.1, -0.05) is 55.3 Å². The quantitative estimate of drug-likeness (QED) is 0.0352. The second-order valence-electron chi connectivity index (χ2n) is 14.4. The number of rotatable bonds is 13. The number of aryl methyl sites for hydroxylation is 3. The van der Waals surface area contributed by atoms with Gasteiger partial charge in [0, 0.05) is 77.9 Å². The number of para-hydroxylation sites is 2. The molecule has 6 aromatic rings. The van der Waals surface area contributed by atoms with Gasteiger partial charge in [0.25, 0.3) is 0 Å². The Balaban J connectivity index is 0.917. The number of nitrogen functional groups attached to an aromatic ring is 2. The Morgan fingerprint density at radius 1 is 0.667 bits per heavy atom. The number of nitrogens with one attached hydrogen (secondary N) is 3. The third-order valence-corrected chi connectivity index (χ3v) is 10.2. The van der Waals surface area contributed by atoms with Gasteiger partial charge in [-0.05, 0) is 105 Å². The van der Waals surface area contributed by atoms with Crippen molar-refractivity contribution in [2.45, 2.75) is 59.8 Å². The molecule has 0 bridgehead atoms. The number of allylic oxidation sites excluding steroid dienone is 3. The summed E-state index contributed by atoms with van der Waals surface area (Å²) < 4.78 is 2.28. The lowest BCUT2D eigenvalue weighted by molar-refractivity contribution is -0.538. The number of aromatic nitrogens is 2. The van der Waals surface area contributed by atoms with Crippen molar-refractivity contribution in [3.8, 4) is 5.69 Å². The van der Waals surface area contributed by atoms with Crippen LogP contribution in [0.4, 0.5) is 34.1 Å². The average Bonchev–Trinajstić information content (AvgIpc) is 3.16. The SMILES string of the molecule is CC1=CC(=Nc2cc(C)c(N)cc2Nc2ccccc2)CC=C1NCCCCCCNc1cc2c(cc1C)nc1cc(C)c(N)cc1[n+]2-c1ccccc1. The molecule has 1 aromatic heterocycles. The maximum absolute atomic E-state index is 6.39. The second kappa shape index (κ2) is 16.3. The first-order valence-corrected chi connectivity index (χ1v) is 19.0. The van der Waals surface area contributed by atoms with E-state index in [1.165, 1.54) is 29.7 Å². The molecule has 0 saturated carbocycles. The zero-order valence-electron chi connectivity index (χ0n) is 31.8. The molecule has 0 unspecified atom stereocenters. The highest BCUT2D eigenvalue weighted by atomic mass is 15.0. The largest absolute Gasteiger partial charge is 0.398 e. The monoisotopic (exact) mass is 715 g/mol. The van der Waals surface area contributed by atoms with Crippen LogP contribution in [0.25, 0.3) is 27.8 Å². The molecule has 0 atom stereocenters. The van der Waals surface area contributed by atoms with Crippen molar-refractivity contribution < 1.29 is 4.57 Å². The van der Waals surface area contributed by atoms with E-state index in [1.54, 1.807) is 0 Å². The first-order valence-electron chi connectivity index (χ1n) is 19.0. The van der Waals surface area contributed by atoms with Crippen molar-refractivity contribution in [3.05, 3.63) is 137 Å². The van der Waals surface area contributed by atoms with Gasteiger partial charge < -0.3 is 27.4 Å². The number of benzene rings is 5. The van der Waals surface area contributed by atoms with Gasteiger partial charge in [-0.25, -0.2) is 4.98 Å². The fraction of sp³-hybridized carbons (Fsp3) is 0.239. The summed E-state index contributed by atoms with van der Waals surface area (Å²) in [5.74, 6) is 0. The Hall–Kier alpha value is -6.15. The van der Waals surface area contributed by atoms with Crippen LogP contribution in [0, 0.1) is 20.8 Å². The molecule has 8 nitrogen and oxygen atoms in total. The van der Waals surface area contributed by atoms with Crippen LogP contribution in [0.5, 0.6) is 0 Å². The number of nitrogens with zero attached hydrogens (tertiary/aromatic N) is 3. The van der Waals surface area contributed by atoms with E-state index >= 15 is 0 Å². The Morgan fingerprint density at radius 2 is 1.30 bits per heavy atom. The zero-order chi connectivity index (χ0) is 37.6. The minimum atomic E-state index is 0.751. The number of hydrogen-bond acceptors (Lipinski definition) is 7. The Kier molecular flexibility index (Phi) is 10.9. The summed E-state index contributed by atoms with van der Waals surface area (Å²) in [6, 6.07) is 33.2. The predicted molar refractivity (Wildman–Crippen MR) is 228 cm³/mol. The highest BCUT2D eigenvalue weighted by Crippen LogP contribution is 2.34. The number of hydrogen-bond donors (Lipinski definition) is 5. The summed E-state index contributed by atoms with van der Waals surface area (Å²) >= 11 is 0. The minimum Gasteiger partial charge on any atom is -0.398 e. The summed E-state index contributed by atoms with van der Waals surface area (Å²) in [6.07, 6.45) is 9.80. The molecule has 7 rings (SSSR count). The number of anilines is 5. The first-order chi connectivity index (χ1) is 26.2. The Bertz CT molecular complexity index is 2390. The topological polar surface area (TPSA) is 117 Å². The highest BCUT2D eigenvalue weighted by Gasteiger charge is 2.22. The molecule has 0 aliphatic heterocycles. The van der Waals surface area contributed by atoms with E-state index in [-0.39, 0.29) is 0 Å². The van der Waals surface area contributed by atoms with Gasteiger partial charge in [-0.15, -0.1) is 4.57 Å². The van der Waals surface area contributed by atoms with E-state index in [2.05, 4.69) is 95.0 Å². The molecule has 1 aliphatic rings. The van der Waals surface area contributed by atoms with E-state index in [0.717, 1.165) is 111 Å². The van der Waals surface area contributed by atoms with Crippen LogP contribution in [0.1, 0.15) is 55.7 Å². The van der Waals surface area contributed by atoms with Crippen LogP contribution in [0.2, 0.25) is 0 Å². The van der Waals surface area contributed by atoms with Crippen molar-refractivity contribution in [2.24, 2.45) is 4.99 Å². The zero-order valence-corrected chi connectivity index (χ0v) is 31.8. The normalized spacial score (nSPS) is 13.6. The van der Waals surface area contributed by atoms with Gasteiger partial charge >= 0.3 is 0 Å². The lowest BCUT2D eigenvalue weighted by atomic mass is 10.0. The van der Waals surface area contributed by atoms with Crippen molar-refractivity contribution >= 4 is 61.9 Å². The fourth-order valence-electron chi connectivity index (χ4n) is 7.05. The molecule has 0 amide bonds. The van der Waals surface area contributed by atoms with E-state index in [9.17, 15) is 0 Å². The molecular formula is C46H51N8+. The maximum atomic E-state index is 6.39. The summed E-state index contributed by atoms with van der Waals surface area (Å²) in [4.78, 5) is 10.1. The van der Waals surface area contributed by atoms with E-state index in [0.29, 0.717) is 0 Å². The fourth-order valence-corrected chi connectivity index (χ4v) is 7.05. The van der Waals surface area contributed by atoms with Crippen LogP contribution in [0.15, 0.2) is 125 Å². The third kappa shape index (κ3) is 8.23. The van der Waals surface area contributed by atoms with Crippen molar-refractivity contribution in [1.29, 1.82) is 0 Å². The second-order valence-corrected chi connectivity index (χ2v) is 14.4. The van der Waals surface area contributed by atoms with Gasteiger partial charge in [-0.2, -0.15) is 0 Å². The molecule has 8 heteroatoms. The van der Waals surface area contributed by atoms with Crippen LogP contribution >= 0.6 is 0 Å². The molecule has 0 fully saturated rings. The Labute approximate surface area is 318 Å². The summed E-state index contributed by atoms with van der Waals surface area (Å²) in [5, 5.41) is 10.9. The summed E-state index contributed by atoms with van der Waals surface area (Å²) in [6.45, 7) is 10.2. The van der Waals surface area contributed by atoms with Gasteiger partial charge in [0.15, 0.2) is 0 Å². The molecule has 1 aliphatic carbocycles. The number of aliphatic imine (C=N–C) groups is 1. The van der Waals surface area contributed by atoms with E-state index in [1.807, 2.05) is 62.4 Å². The number of fused-ring (bicyclic) bond motifs is 2. The van der Waals surface area contributed by atoms with Gasteiger partial charge in [-0.3, -0.25) is 4.99 Å². The minimum absolute atomic E-state index is 0.751. The number of unbranched alkanes of at least 4 members (excludes halogenated alkanes) is 3. The lowest BCUT2D eigenvalue weighted by Gasteiger charge is -2.17. The molecule has 0 radical (unpaired) electrons. The molecular weight excluding hydrogens is 665 g/mol. The van der Waals surface area contributed by atoms with Crippen molar-refractivity contribution in [2.75, 3.05) is 35.2 Å². The predicted octanol–water partition coefficient (Wildman–Crippen LogP) is 10.1. The van der Waals surface area contributed by atoms with Gasteiger partial charge in [0.1, 0.15) is 11.0 Å². The molecule has 274 valence electrons. The molecule has 1 heterocycles. The molecule has 0 saturated heterocycles.